The molecule has 1 heterocycles. The van der Waals surface area contributed by atoms with Crippen molar-refractivity contribution in [2.75, 3.05) is 39.3 Å². The molecule has 1 saturated carbocycles. The van der Waals surface area contributed by atoms with E-state index in [9.17, 15) is 0 Å². The van der Waals surface area contributed by atoms with Crippen LogP contribution in [0.1, 0.15) is 46.0 Å². The fraction of sp³-hybridized carbons (Fsp3) is 1.00. The van der Waals surface area contributed by atoms with Crippen LogP contribution in [0.2, 0.25) is 0 Å². The Hall–Kier alpha value is -0.0800. The number of nitrogens with zero attached hydrogens (tertiary/aromatic N) is 2. The third kappa shape index (κ3) is 3.69. The predicted molar refractivity (Wildman–Crippen MR) is 74.3 cm³/mol. The lowest BCUT2D eigenvalue weighted by Gasteiger charge is -2.23. The van der Waals surface area contributed by atoms with E-state index in [0.29, 0.717) is 0 Å². The quantitative estimate of drug-likeness (QED) is 0.702. The van der Waals surface area contributed by atoms with Crippen LogP contribution in [0.5, 0.6) is 0 Å². The molecule has 0 bridgehead atoms. The second kappa shape index (κ2) is 6.75. The van der Waals surface area contributed by atoms with Crippen molar-refractivity contribution in [3.05, 3.63) is 0 Å². The first-order valence-electron chi connectivity index (χ1n) is 7.78. The van der Waals surface area contributed by atoms with Crippen molar-refractivity contribution in [1.82, 2.24) is 9.80 Å². The molecule has 1 saturated heterocycles. The minimum Gasteiger partial charge on any atom is -0.304 e. The first-order valence-corrected chi connectivity index (χ1v) is 7.78. The molecule has 0 unspecified atom stereocenters. The van der Waals surface area contributed by atoms with Crippen LogP contribution in [0.15, 0.2) is 0 Å². The van der Waals surface area contributed by atoms with Gasteiger partial charge in [-0.15, -0.1) is 0 Å². The van der Waals surface area contributed by atoms with Gasteiger partial charge in [0.05, 0.1) is 0 Å². The summed E-state index contributed by atoms with van der Waals surface area (Å²) in [6.07, 6.45) is 7.37. The maximum Gasteiger partial charge on any atom is 0.00129 e. The van der Waals surface area contributed by atoms with Gasteiger partial charge in [0, 0.05) is 13.1 Å². The number of rotatable bonds is 6. The van der Waals surface area contributed by atoms with Gasteiger partial charge in [0.25, 0.3) is 0 Å². The number of hydrogen-bond donors (Lipinski definition) is 0. The zero-order chi connectivity index (χ0) is 12.1. The Morgan fingerprint density at radius 3 is 2.12 bits per heavy atom. The lowest BCUT2D eigenvalue weighted by atomic mass is 9.82. The average Bonchev–Trinajstić information content (AvgIpc) is 2.77. The highest BCUT2D eigenvalue weighted by Crippen LogP contribution is 2.35. The van der Waals surface area contributed by atoms with Gasteiger partial charge in [-0.2, -0.15) is 0 Å². The van der Waals surface area contributed by atoms with Gasteiger partial charge in [0.15, 0.2) is 0 Å². The third-order valence-corrected chi connectivity index (χ3v) is 4.90. The normalized spacial score (nSPS) is 29.8. The molecular weight excluding hydrogens is 208 g/mol. The van der Waals surface area contributed by atoms with Crippen molar-refractivity contribution in [3.63, 3.8) is 0 Å². The molecular formula is C15H30N2. The highest BCUT2D eigenvalue weighted by molar-refractivity contribution is 4.86. The smallest absolute Gasteiger partial charge is 0.00129 e. The summed E-state index contributed by atoms with van der Waals surface area (Å²) in [6, 6.07) is 0. The summed E-state index contributed by atoms with van der Waals surface area (Å²) in [6.45, 7) is 12.4. The summed E-state index contributed by atoms with van der Waals surface area (Å²) in [5, 5.41) is 0. The Morgan fingerprint density at radius 2 is 1.59 bits per heavy atom. The fourth-order valence-electron chi connectivity index (χ4n) is 3.74. The summed E-state index contributed by atoms with van der Waals surface area (Å²) < 4.78 is 0. The summed E-state index contributed by atoms with van der Waals surface area (Å²) in [5.74, 6) is 2.11. The first kappa shape index (κ1) is 13.4. The second-order valence-electron chi connectivity index (χ2n) is 5.94. The van der Waals surface area contributed by atoms with Crippen LogP contribution in [-0.4, -0.2) is 49.1 Å². The molecule has 2 atom stereocenters. The van der Waals surface area contributed by atoms with Gasteiger partial charge in [-0.25, -0.2) is 0 Å². The molecule has 17 heavy (non-hydrogen) atoms. The second-order valence-corrected chi connectivity index (χ2v) is 5.94. The van der Waals surface area contributed by atoms with E-state index in [1.165, 1.54) is 71.4 Å². The molecule has 0 N–H and O–H groups in total. The molecule has 100 valence electrons. The molecule has 0 radical (unpaired) electrons. The van der Waals surface area contributed by atoms with Crippen LogP contribution in [0, 0.1) is 11.8 Å². The molecule has 1 aliphatic heterocycles. The SMILES string of the molecule is CCN(CC)CCCN1C[C@H]2CCCC[C@@H]2C1. The Labute approximate surface area is 107 Å². The van der Waals surface area contributed by atoms with E-state index < -0.39 is 0 Å². The van der Waals surface area contributed by atoms with Crippen molar-refractivity contribution in [1.29, 1.82) is 0 Å². The molecule has 2 nitrogen and oxygen atoms in total. The van der Waals surface area contributed by atoms with Gasteiger partial charge in [-0.3, -0.25) is 0 Å². The molecule has 0 aromatic carbocycles. The summed E-state index contributed by atoms with van der Waals surface area (Å²) in [7, 11) is 0. The topological polar surface area (TPSA) is 6.48 Å². The Morgan fingerprint density at radius 1 is 1.00 bits per heavy atom. The number of fused-ring (bicyclic) bond motifs is 1. The van der Waals surface area contributed by atoms with E-state index in [1.54, 1.807) is 0 Å². The molecule has 0 amide bonds. The molecule has 1 aliphatic carbocycles. The van der Waals surface area contributed by atoms with E-state index in [4.69, 9.17) is 0 Å². The largest absolute Gasteiger partial charge is 0.304 e. The third-order valence-electron chi connectivity index (χ3n) is 4.90. The van der Waals surface area contributed by atoms with Crippen LogP contribution in [0.4, 0.5) is 0 Å². The van der Waals surface area contributed by atoms with Crippen LogP contribution in [-0.2, 0) is 0 Å². The van der Waals surface area contributed by atoms with E-state index in [0.717, 1.165) is 11.8 Å². The lowest BCUT2D eigenvalue weighted by molar-refractivity contribution is 0.257. The summed E-state index contributed by atoms with van der Waals surface area (Å²) in [4.78, 5) is 5.28. The first-order chi connectivity index (χ1) is 8.33. The van der Waals surface area contributed by atoms with Crippen LogP contribution in [0.3, 0.4) is 0 Å². The van der Waals surface area contributed by atoms with Crippen LogP contribution < -0.4 is 0 Å². The summed E-state index contributed by atoms with van der Waals surface area (Å²) in [5.41, 5.74) is 0. The molecule has 0 aromatic heterocycles. The van der Waals surface area contributed by atoms with Gasteiger partial charge in [0.1, 0.15) is 0 Å². The lowest BCUT2D eigenvalue weighted by Crippen LogP contribution is -2.29. The Kier molecular flexibility index (Phi) is 5.30. The van der Waals surface area contributed by atoms with Crippen molar-refractivity contribution in [2.45, 2.75) is 46.0 Å². The van der Waals surface area contributed by atoms with E-state index >= 15 is 0 Å². The maximum atomic E-state index is 2.74. The van der Waals surface area contributed by atoms with Gasteiger partial charge in [-0.05, 0) is 57.3 Å². The number of likely N-dealkylation sites (tertiary alicyclic amines) is 1. The van der Waals surface area contributed by atoms with Crippen LogP contribution in [0.25, 0.3) is 0 Å². The van der Waals surface area contributed by atoms with Crippen molar-refractivity contribution < 1.29 is 0 Å². The van der Waals surface area contributed by atoms with E-state index in [-0.39, 0.29) is 0 Å². The molecule has 2 rings (SSSR count). The average molecular weight is 238 g/mol. The fourth-order valence-corrected chi connectivity index (χ4v) is 3.74. The van der Waals surface area contributed by atoms with Crippen molar-refractivity contribution >= 4 is 0 Å². The van der Waals surface area contributed by atoms with Gasteiger partial charge >= 0.3 is 0 Å². The van der Waals surface area contributed by atoms with Crippen LogP contribution >= 0.6 is 0 Å². The monoisotopic (exact) mass is 238 g/mol. The number of hydrogen-bond acceptors (Lipinski definition) is 2. The molecule has 0 aromatic rings. The van der Waals surface area contributed by atoms with Gasteiger partial charge in [-0.1, -0.05) is 26.7 Å². The van der Waals surface area contributed by atoms with Gasteiger partial charge in [0.2, 0.25) is 0 Å². The van der Waals surface area contributed by atoms with E-state index in [1.807, 2.05) is 0 Å². The van der Waals surface area contributed by atoms with Crippen molar-refractivity contribution in [3.8, 4) is 0 Å². The summed E-state index contributed by atoms with van der Waals surface area (Å²) >= 11 is 0. The minimum atomic E-state index is 1.05. The van der Waals surface area contributed by atoms with Crippen molar-refractivity contribution in [2.24, 2.45) is 11.8 Å². The highest BCUT2D eigenvalue weighted by atomic mass is 15.2. The Bertz CT molecular complexity index is 199. The molecule has 2 fully saturated rings. The molecule has 2 aliphatic rings. The highest BCUT2D eigenvalue weighted by Gasteiger charge is 2.33. The standard InChI is InChI=1S/C15H30N2/c1-3-16(4-2)10-7-11-17-12-14-8-5-6-9-15(14)13-17/h14-15H,3-13H2,1-2H3/t14-,15-/m1/s1. The van der Waals surface area contributed by atoms with Gasteiger partial charge < -0.3 is 9.80 Å². The minimum absolute atomic E-state index is 1.05. The zero-order valence-electron chi connectivity index (χ0n) is 11.8. The predicted octanol–water partition coefficient (Wildman–Crippen LogP) is 2.84. The molecule has 2 heteroatoms. The zero-order valence-corrected chi connectivity index (χ0v) is 11.8. The molecule has 0 spiro atoms. The maximum absolute atomic E-state index is 2.74. The van der Waals surface area contributed by atoms with E-state index in [2.05, 4.69) is 23.6 Å². The Balaban J connectivity index is 1.64.